The number of likely N-dealkylation sites (tertiary alicyclic amines) is 1. The van der Waals surface area contributed by atoms with Crippen LogP contribution < -0.4 is 11.1 Å². The number of allylic oxidation sites excluding steroid dienone is 1. The van der Waals surface area contributed by atoms with Gasteiger partial charge in [-0.25, -0.2) is 18.2 Å². The maximum Gasteiger partial charge on any atom is 0.261 e. The lowest BCUT2D eigenvalue weighted by Gasteiger charge is -2.17. The molecular formula is C29H28F3N5S. The Morgan fingerprint density at radius 1 is 1.18 bits per heavy atom. The molecule has 0 unspecified atom stereocenters. The summed E-state index contributed by atoms with van der Waals surface area (Å²) in [5.41, 5.74) is 12.1. The van der Waals surface area contributed by atoms with Crippen molar-refractivity contribution < 1.29 is 13.2 Å². The molecule has 4 aromatic rings. The van der Waals surface area contributed by atoms with Crippen LogP contribution in [0.1, 0.15) is 23.1 Å². The number of hydrogen-bond donors (Lipinski definition) is 2. The smallest absolute Gasteiger partial charge is 0.261 e. The number of alkyl halides is 2. The summed E-state index contributed by atoms with van der Waals surface area (Å²) in [6.07, 6.45) is 4.93. The molecule has 38 heavy (non-hydrogen) atoms. The van der Waals surface area contributed by atoms with Crippen LogP contribution in [-0.4, -0.2) is 33.9 Å². The summed E-state index contributed by atoms with van der Waals surface area (Å²) in [5.74, 6) is -2.48. The molecule has 1 aliphatic heterocycles. The minimum Gasteiger partial charge on any atom is -0.398 e. The van der Waals surface area contributed by atoms with Crippen molar-refractivity contribution in [3.05, 3.63) is 94.5 Å². The summed E-state index contributed by atoms with van der Waals surface area (Å²) in [6, 6.07) is 9.08. The third-order valence-electron chi connectivity index (χ3n) is 6.76. The van der Waals surface area contributed by atoms with Gasteiger partial charge in [0.25, 0.3) is 5.92 Å². The number of anilines is 2. The average molecular weight is 536 g/mol. The van der Waals surface area contributed by atoms with Crippen LogP contribution in [-0.2, 0) is 13.0 Å². The monoisotopic (exact) mass is 535 g/mol. The number of nitrogens with one attached hydrogen (secondary N) is 1. The van der Waals surface area contributed by atoms with Crippen molar-refractivity contribution >= 4 is 22.8 Å². The van der Waals surface area contributed by atoms with Gasteiger partial charge in [0, 0.05) is 72.6 Å². The van der Waals surface area contributed by atoms with Crippen molar-refractivity contribution in [3.63, 3.8) is 0 Å². The molecule has 1 aromatic carbocycles. The van der Waals surface area contributed by atoms with Crippen LogP contribution in [0.2, 0.25) is 0 Å². The fourth-order valence-electron chi connectivity index (χ4n) is 4.78. The maximum absolute atomic E-state index is 15.8. The SMILES string of the molecule is C=C(Cc1c(N)ccc(-c2cncc(CN3CCC(F)(F)C3)c2)c1F)Nc1nccc(-c2ccsc2)c1C. The molecule has 0 amide bonds. The molecule has 1 fully saturated rings. The Kier molecular flexibility index (Phi) is 7.23. The van der Waals surface area contributed by atoms with Crippen LogP contribution in [0.25, 0.3) is 22.3 Å². The first-order valence-corrected chi connectivity index (χ1v) is 13.2. The Labute approximate surface area is 223 Å². The molecule has 3 aromatic heterocycles. The molecule has 196 valence electrons. The number of halogens is 3. The van der Waals surface area contributed by atoms with Gasteiger partial charge in [-0.1, -0.05) is 6.58 Å². The van der Waals surface area contributed by atoms with Gasteiger partial charge in [-0.15, -0.1) is 0 Å². The molecule has 0 bridgehead atoms. The fourth-order valence-corrected chi connectivity index (χ4v) is 5.43. The van der Waals surface area contributed by atoms with E-state index < -0.39 is 11.7 Å². The van der Waals surface area contributed by atoms with Gasteiger partial charge in [0.1, 0.15) is 11.6 Å². The molecule has 9 heteroatoms. The van der Waals surface area contributed by atoms with Gasteiger partial charge in [0.15, 0.2) is 0 Å². The van der Waals surface area contributed by atoms with Crippen molar-refractivity contribution in [2.45, 2.75) is 32.2 Å². The van der Waals surface area contributed by atoms with E-state index in [1.54, 1.807) is 53.0 Å². The molecular weight excluding hydrogens is 507 g/mol. The fraction of sp³-hybridized carbons (Fsp3) is 0.241. The van der Waals surface area contributed by atoms with Gasteiger partial charge in [0.2, 0.25) is 0 Å². The number of benzene rings is 1. The van der Waals surface area contributed by atoms with Gasteiger partial charge < -0.3 is 11.1 Å². The van der Waals surface area contributed by atoms with E-state index in [1.165, 1.54) is 0 Å². The Bertz CT molecular complexity index is 1470. The van der Waals surface area contributed by atoms with E-state index in [0.29, 0.717) is 47.0 Å². The lowest BCUT2D eigenvalue weighted by Crippen LogP contribution is -2.24. The molecule has 5 nitrogen and oxygen atoms in total. The minimum absolute atomic E-state index is 0.151. The third-order valence-corrected chi connectivity index (χ3v) is 7.45. The number of hydrogen-bond acceptors (Lipinski definition) is 6. The summed E-state index contributed by atoms with van der Waals surface area (Å²) >= 11 is 1.62. The molecule has 3 N–H and O–H groups in total. The number of nitrogens with two attached hydrogens (primary N) is 1. The summed E-state index contributed by atoms with van der Waals surface area (Å²) in [4.78, 5) is 10.4. The number of pyridine rings is 2. The maximum atomic E-state index is 15.8. The molecule has 1 aliphatic rings. The van der Waals surface area contributed by atoms with Gasteiger partial charge in [-0.3, -0.25) is 9.88 Å². The minimum atomic E-state index is -2.67. The molecule has 0 aliphatic carbocycles. The molecule has 1 saturated heterocycles. The number of nitrogen functional groups attached to an aromatic ring is 1. The molecule has 0 saturated carbocycles. The third kappa shape index (κ3) is 5.58. The van der Waals surface area contributed by atoms with E-state index in [9.17, 15) is 8.78 Å². The van der Waals surface area contributed by atoms with Crippen LogP contribution in [0.4, 0.5) is 24.7 Å². The summed E-state index contributed by atoms with van der Waals surface area (Å²) in [7, 11) is 0. The van der Waals surface area contributed by atoms with E-state index in [1.807, 2.05) is 18.4 Å². The predicted molar refractivity (Wildman–Crippen MR) is 148 cm³/mol. The zero-order valence-corrected chi connectivity index (χ0v) is 21.8. The number of nitrogens with zero attached hydrogens (tertiary/aromatic N) is 3. The van der Waals surface area contributed by atoms with Gasteiger partial charge >= 0.3 is 0 Å². The average Bonchev–Trinajstić information content (AvgIpc) is 3.53. The molecule has 5 rings (SSSR count). The number of thiophene rings is 1. The molecule has 0 radical (unpaired) electrons. The number of aromatic nitrogens is 2. The second-order valence-electron chi connectivity index (χ2n) is 9.64. The Morgan fingerprint density at radius 3 is 2.76 bits per heavy atom. The van der Waals surface area contributed by atoms with Crippen molar-refractivity contribution in [1.29, 1.82) is 0 Å². The zero-order chi connectivity index (χ0) is 26.9. The molecule has 0 atom stereocenters. The normalized spacial score (nSPS) is 15.1. The highest BCUT2D eigenvalue weighted by Gasteiger charge is 2.37. The van der Waals surface area contributed by atoms with Crippen molar-refractivity contribution in [2.75, 3.05) is 24.1 Å². The largest absolute Gasteiger partial charge is 0.398 e. The second-order valence-corrected chi connectivity index (χ2v) is 10.4. The van der Waals surface area contributed by atoms with E-state index in [-0.39, 0.29) is 19.4 Å². The van der Waals surface area contributed by atoms with Crippen LogP contribution in [0.3, 0.4) is 0 Å². The zero-order valence-electron chi connectivity index (χ0n) is 21.0. The van der Waals surface area contributed by atoms with Crippen LogP contribution in [0.15, 0.2) is 72.0 Å². The van der Waals surface area contributed by atoms with E-state index in [2.05, 4.69) is 33.3 Å². The van der Waals surface area contributed by atoms with Crippen molar-refractivity contribution in [2.24, 2.45) is 0 Å². The highest BCUT2D eigenvalue weighted by molar-refractivity contribution is 7.08. The predicted octanol–water partition coefficient (Wildman–Crippen LogP) is 6.91. The van der Waals surface area contributed by atoms with E-state index >= 15 is 4.39 Å². The first-order chi connectivity index (χ1) is 18.2. The lowest BCUT2D eigenvalue weighted by atomic mass is 9.98. The molecule has 4 heterocycles. The van der Waals surface area contributed by atoms with Crippen LogP contribution in [0, 0.1) is 12.7 Å². The summed E-state index contributed by atoms with van der Waals surface area (Å²) in [5, 5.41) is 7.33. The quantitative estimate of drug-likeness (QED) is 0.240. The van der Waals surface area contributed by atoms with Gasteiger partial charge in [0.05, 0.1) is 6.54 Å². The standard InChI is InChI=1S/C29H28F3N5S/c1-18(36-28-19(2)23(5-8-35-28)21-6-10-38-16-21)11-25-26(33)4-3-24(27(25)30)22-12-20(13-34-14-22)15-37-9-7-29(31,32)17-37/h3-6,8,10,12-14,16H,1,7,9,11,15,17,33H2,2H3,(H,35,36). The Balaban J connectivity index is 1.35. The highest BCUT2D eigenvalue weighted by Crippen LogP contribution is 2.33. The van der Waals surface area contributed by atoms with E-state index in [4.69, 9.17) is 5.73 Å². The van der Waals surface area contributed by atoms with E-state index in [0.717, 1.165) is 22.3 Å². The first-order valence-electron chi connectivity index (χ1n) is 12.2. The Morgan fingerprint density at radius 2 is 2.03 bits per heavy atom. The second kappa shape index (κ2) is 10.6. The van der Waals surface area contributed by atoms with Crippen molar-refractivity contribution in [3.8, 4) is 22.3 Å². The molecule has 0 spiro atoms. The van der Waals surface area contributed by atoms with Crippen molar-refractivity contribution in [1.82, 2.24) is 14.9 Å². The number of rotatable bonds is 8. The Hall–Kier alpha value is -3.69. The van der Waals surface area contributed by atoms with Crippen LogP contribution >= 0.6 is 11.3 Å². The lowest BCUT2D eigenvalue weighted by molar-refractivity contribution is 0.0115. The van der Waals surface area contributed by atoms with Crippen LogP contribution in [0.5, 0.6) is 0 Å². The van der Waals surface area contributed by atoms with Gasteiger partial charge in [-0.2, -0.15) is 11.3 Å². The highest BCUT2D eigenvalue weighted by atomic mass is 32.1. The van der Waals surface area contributed by atoms with Gasteiger partial charge in [-0.05, 0) is 70.3 Å². The summed E-state index contributed by atoms with van der Waals surface area (Å²) in [6.45, 7) is 6.44. The topological polar surface area (TPSA) is 67.1 Å². The first kappa shape index (κ1) is 25.9. The summed E-state index contributed by atoms with van der Waals surface area (Å²) < 4.78 is 43.0.